The SMILES string of the molecule is O=C1c2ccccc2CCC[C@H]1c1sc([N+](=O)[O-])cc1[N+](=O)[O-]. The number of Topliss-reactive ketones (excluding diaryl/α,β-unsaturated/α-hetero) is 1. The molecule has 0 bridgehead atoms. The first-order chi connectivity index (χ1) is 11.0. The van der Waals surface area contributed by atoms with Crippen LogP contribution in [0, 0.1) is 20.2 Å². The predicted molar refractivity (Wildman–Crippen MR) is 84.1 cm³/mol. The number of carbonyl (C=O) groups excluding carboxylic acids is 1. The van der Waals surface area contributed by atoms with Crippen LogP contribution in [0.4, 0.5) is 10.7 Å². The Balaban J connectivity index is 2.10. The lowest BCUT2D eigenvalue weighted by Crippen LogP contribution is -2.12. The van der Waals surface area contributed by atoms with Gasteiger partial charge >= 0.3 is 5.00 Å². The van der Waals surface area contributed by atoms with Crippen LogP contribution in [0.1, 0.15) is 39.6 Å². The topological polar surface area (TPSA) is 103 Å². The molecule has 0 saturated heterocycles. The zero-order valence-electron chi connectivity index (χ0n) is 11.9. The average molecular weight is 332 g/mol. The fourth-order valence-electron chi connectivity index (χ4n) is 2.91. The third-order valence-corrected chi connectivity index (χ3v) is 5.15. The van der Waals surface area contributed by atoms with E-state index < -0.39 is 15.8 Å². The van der Waals surface area contributed by atoms with E-state index in [-0.39, 0.29) is 21.3 Å². The lowest BCUT2D eigenvalue weighted by atomic mass is 9.93. The van der Waals surface area contributed by atoms with Gasteiger partial charge in [0.25, 0.3) is 5.69 Å². The molecule has 0 spiro atoms. The predicted octanol–water partition coefficient (Wildman–Crippen LogP) is 3.87. The monoisotopic (exact) mass is 332 g/mol. The summed E-state index contributed by atoms with van der Waals surface area (Å²) in [7, 11) is 0. The molecule has 7 nitrogen and oxygen atoms in total. The summed E-state index contributed by atoms with van der Waals surface area (Å²) < 4.78 is 0. The average Bonchev–Trinajstić information content (AvgIpc) is 2.90. The van der Waals surface area contributed by atoms with Crippen molar-refractivity contribution in [2.75, 3.05) is 0 Å². The summed E-state index contributed by atoms with van der Waals surface area (Å²) in [5, 5.41) is 21.8. The van der Waals surface area contributed by atoms with Gasteiger partial charge in [-0.2, -0.15) is 0 Å². The van der Waals surface area contributed by atoms with Crippen LogP contribution in [0.5, 0.6) is 0 Å². The number of hydrogen-bond donors (Lipinski definition) is 0. The quantitative estimate of drug-likeness (QED) is 0.482. The number of nitrogens with zero attached hydrogens (tertiary/aromatic N) is 2. The Morgan fingerprint density at radius 1 is 1.13 bits per heavy atom. The number of thiophene rings is 1. The van der Waals surface area contributed by atoms with E-state index in [1.54, 1.807) is 12.1 Å². The van der Waals surface area contributed by atoms with Gasteiger partial charge < -0.3 is 0 Å². The van der Waals surface area contributed by atoms with Gasteiger partial charge in [0, 0.05) is 5.56 Å². The summed E-state index contributed by atoms with van der Waals surface area (Å²) in [6, 6.07) is 8.14. The summed E-state index contributed by atoms with van der Waals surface area (Å²) in [6.07, 6.45) is 1.88. The summed E-state index contributed by atoms with van der Waals surface area (Å²) in [5.41, 5.74) is 1.15. The lowest BCUT2D eigenvalue weighted by molar-refractivity contribution is -0.390. The number of fused-ring (bicyclic) bond motifs is 1. The van der Waals surface area contributed by atoms with Gasteiger partial charge in [-0.05, 0) is 24.8 Å². The number of ketones is 1. The molecule has 0 aliphatic heterocycles. The van der Waals surface area contributed by atoms with E-state index in [0.717, 1.165) is 29.4 Å². The van der Waals surface area contributed by atoms with Crippen LogP contribution >= 0.6 is 11.3 Å². The van der Waals surface area contributed by atoms with Crippen LogP contribution in [-0.4, -0.2) is 15.6 Å². The van der Waals surface area contributed by atoms with E-state index in [9.17, 15) is 25.0 Å². The molecule has 1 aromatic heterocycles. The van der Waals surface area contributed by atoms with Crippen LogP contribution in [0.3, 0.4) is 0 Å². The van der Waals surface area contributed by atoms with E-state index >= 15 is 0 Å². The molecule has 118 valence electrons. The maximum atomic E-state index is 12.8. The highest BCUT2D eigenvalue weighted by molar-refractivity contribution is 7.16. The van der Waals surface area contributed by atoms with Crippen LogP contribution in [0.2, 0.25) is 0 Å². The minimum absolute atomic E-state index is 0.184. The zero-order valence-corrected chi connectivity index (χ0v) is 12.7. The normalized spacial score (nSPS) is 17.4. The van der Waals surface area contributed by atoms with Crippen molar-refractivity contribution in [2.45, 2.75) is 25.2 Å². The second-order valence-electron chi connectivity index (χ2n) is 5.31. The van der Waals surface area contributed by atoms with Gasteiger partial charge in [0.15, 0.2) is 5.78 Å². The van der Waals surface area contributed by atoms with Crippen LogP contribution in [0.15, 0.2) is 30.3 Å². The van der Waals surface area contributed by atoms with Crippen LogP contribution in [-0.2, 0) is 6.42 Å². The molecule has 1 heterocycles. The van der Waals surface area contributed by atoms with Crippen molar-refractivity contribution in [3.05, 3.63) is 66.6 Å². The number of nitro groups is 2. The van der Waals surface area contributed by atoms with Crippen molar-refractivity contribution in [1.82, 2.24) is 0 Å². The molecule has 1 aromatic carbocycles. The van der Waals surface area contributed by atoms with Gasteiger partial charge in [-0.3, -0.25) is 25.0 Å². The second-order valence-corrected chi connectivity index (χ2v) is 6.38. The fraction of sp³-hybridized carbons (Fsp3) is 0.267. The summed E-state index contributed by atoms with van der Waals surface area (Å²) in [6.45, 7) is 0. The molecule has 0 amide bonds. The molecule has 8 heteroatoms. The summed E-state index contributed by atoms with van der Waals surface area (Å²) >= 11 is 0.729. The highest BCUT2D eigenvalue weighted by Gasteiger charge is 2.36. The smallest absolute Gasteiger partial charge is 0.293 e. The number of carbonyl (C=O) groups is 1. The Hall–Kier alpha value is -2.61. The first kappa shape index (κ1) is 15.3. The Kier molecular flexibility index (Phi) is 3.91. The van der Waals surface area contributed by atoms with E-state index in [1.165, 1.54) is 0 Å². The Morgan fingerprint density at radius 2 is 1.87 bits per heavy atom. The molecule has 2 aromatic rings. The number of hydrogen-bond acceptors (Lipinski definition) is 6. The van der Waals surface area contributed by atoms with E-state index in [1.807, 2.05) is 12.1 Å². The van der Waals surface area contributed by atoms with E-state index in [4.69, 9.17) is 0 Å². The Bertz CT molecular complexity index is 814. The molecule has 1 aliphatic rings. The van der Waals surface area contributed by atoms with Crippen molar-refractivity contribution in [2.24, 2.45) is 0 Å². The van der Waals surface area contributed by atoms with Crippen molar-refractivity contribution in [1.29, 1.82) is 0 Å². The first-order valence-corrected chi connectivity index (χ1v) is 7.85. The van der Waals surface area contributed by atoms with Crippen LogP contribution < -0.4 is 0 Å². The first-order valence-electron chi connectivity index (χ1n) is 7.03. The second kappa shape index (κ2) is 5.88. The fourth-order valence-corrected chi connectivity index (χ4v) is 3.98. The Labute approximate surface area is 134 Å². The summed E-state index contributed by atoms with van der Waals surface area (Å²) in [4.78, 5) is 33.8. The highest BCUT2D eigenvalue weighted by atomic mass is 32.1. The van der Waals surface area contributed by atoms with E-state index in [2.05, 4.69) is 0 Å². The van der Waals surface area contributed by atoms with Crippen molar-refractivity contribution >= 4 is 27.8 Å². The van der Waals surface area contributed by atoms with Crippen molar-refractivity contribution in [3.8, 4) is 0 Å². The molecule has 3 rings (SSSR count). The number of rotatable bonds is 3. The third-order valence-electron chi connectivity index (χ3n) is 3.96. The largest absolute Gasteiger partial charge is 0.331 e. The molecular weight excluding hydrogens is 320 g/mol. The maximum absolute atomic E-state index is 12.8. The molecule has 1 aliphatic carbocycles. The number of benzene rings is 1. The molecular formula is C15H12N2O5S. The Morgan fingerprint density at radius 3 is 2.57 bits per heavy atom. The highest BCUT2D eigenvalue weighted by Crippen LogP contribution is 2.43. The maximum Gasteiger partial charge on any atom is 0.331 e. The minimum atomic E-state index is -0.697. The van der Waals surface area contributed by atoms with Gasteiger partial charge in [-0.1, -0.05) is 35.6 Å². The summed E-state index contributed by atoms with van der Waals surface area (Å²) in [5.74, 6) is -0.893. The molecule has 0 radical (unpaired) electrons. The van der Waals surface area contributed by atoms with Crippen LogP contribution in [0.25, 0.3) is 0 Å². The molecule has 0 N–H and O–H groups in total. The van der Waals surface area contributed by atoms with Crippen molar-refractivity contribution in [3.63, 3.8) is 0 Å². The zero-order chi connectivity index (χ0) is 16.6. The number of aryl methyl sites for hydroxylation is 1. The van der Waals surface area contributed by atoms with Gasteiger partial charge in [0.1, 0.15) is 6.07 Å². The van der Waals surface area contributed by atoms with Gasteiger partial charge in [-0.25, -0.2) is 0 Å². The van der Waals surface area contributed by atoms with Gasteiger partial charge in [0.2, 0.25) is 0 Å². The van der Waals surface area contributed by atoms with E-state index in [0.29, 0.717) is 18.4 Å². The molecule has 23 heavy (non-hydrogen) atoms. The third kappa shape index (κ3) is 2.72. The molecule has 0 unspecified atom stereocenters. The standard InChI is InChI=1S/C15H12N2O5S/c18-14-10-6-2-1-4-9(10)5-3-7-11(14)15-12(16(19)20)8-13(23-15)17(21)22/h1-2,4,6,8,11H,3,5,7H2/t11-/m1/s1. The van der Waals surface area contributed by atoms with Gasteiger partial charge in [0.05, 0.1) is 20.6 Å². The molecule has 1 atom stereocenters. The molecule has 0 fully saturated rings. The lowest BCUT2D eigenvalue weighted by Gasteiger charge is -2.11. The molecule has 0 saturated carbocycles. The van der Waals surface area contributed by atoms with Gasteiger partial charge in [-0.15, -0.1) is 0 Å². The van der Waals surface area contributed by atoms with Crippen molar-refractivity contribution < 1.29 is 14.6 Å². The minimum Gasteiger partial charge on any atom is -0.293 e.